The molecule has 0 aromatic carbocycles. The van der Waals surface area contributed by atoms with Gasteiger partial charge in [0.1, 0.15) is 0 Å². The van der Waals surface area contributed by atoms with Crippen LogP contribution in [-0.4, -0.2) is 41.3 Å². The molecule has 0 aromatic rings. The van der Waals surface area contributed by atoms with Crippen LogP contribution in [0.25, 0.3) is 0 Å². The second-order valence-corrected chi connectivity index (χ2v) is 2.82. The number of hydrogen-bond donors (Lipinski definition) is 3. The molecule has 2 atom stereocenters. The molecule has 5 heteroatoms. The first-order valence-corrected chi connectivity index (χ1v) is 3.60. The van der Waals surface area contributed by atoms with Crippen molar-refractivity contribution in [2.24, 2.45) is 11.5 Å². The van der Waals surface area contributed by atoms with Crippen LogP contribution >= 0.6 is 0 Å². The lowest BCUT2D eigenvalue weighted by Gasteiger charge is -2.18. The van der Waals surface area contributed by atoms with Gasteiger partial charge in [0.25, 0.3) is 0 Å². The van der Waals surface area contributed by atoms with Gasteiger partial charge < -0.3 is 21.5 Å². The summed E-state index contributed by atoms with van der Waals surface area (Å²) in [6.07, 6.45) is -0.239. The van der Waals surface area contributed by atoms with Crippen molar-refractivity contribution >= 4 is 6.09 Å². The van der Waals surface area contributed by atoms with Crippen molar-refractivity contribution < 1.29 is 9.90 Å². The van der Waals surface area contributed by atoms with Gasteiger partial charge in [0.2, 0.25) is 0 Å². The summed E-state index contributed by atoms with van der Waals surface area (Å²) >= 11 is 0. The Morgan fingerprint density at radius 1 is 1.73 bits per heavy atom. The Morgan fingerprint density at radius 3 is 2.73 bits per heavy atom. The minimum absolute atomic E-state index is 0.0420. The van der Waals surface area contributed by atoms with E-state index < -0.39 is 6.09 Å². The van der Waals surface area contributed by atoms with Gasteiger partial charge in [0.15, 0.2) is 0 Å². The summed E-state index contributed by atoms with van der Waals surface area (Å²) in [5, 5.41) is 8.65. The van der Waals surface area contributed by atoms with Crippen LogP contribution in [0.4, 0.5) is 4.79 Å². The van der Waals surface area contributed by atoms with Crippen LogP contribution in [-0.2, 0) is 0 Å². The summed E-state index contributed by atoms with van der Waals surface area (Å²) in [4.78, 5) is 11.8. The van der Waals surface area contributed by atoms with E-state index in [2.05, 4.69) is 0 Å². The molecule has 0 bridgehead atoms. The molecule has 5 N–H and O–H groups in total. The van der Waals surface area contributed by atoms with Crippen LogP contribution in [0.15, 0.2) is 0 Å². The third kappa shape index (κ3) is 1.61. The van der Waals surface area contributed by atoms with Crippen LogP contribution in [0, 0.1) is 0 Å². The molecule has 1 heterocycles. The number of nitrogens with zero attached hydrogens (tertiary/aromatic N) is 1. The quantitative estimate of drug-likeness (QED) is 0.458. The minimum Gasteiger partial charge on any atom is -0.465 e. The van der Waals surface area contributed by atoms with Crippen LogP contribution < -0.4 is 11.5 Å². The van der Waals surface area contributed by atoms with Crippen LogP contribution in [0.3, 0.4) is 0 Å². The van der Waals surface area contributed by atoms with Gasteiger partial charge >= 0.3 is 6.09 Å². The average Bonchev–Trinajstić information content (AvgIpc) is 2.30. The maximum absolute atomic E-state index is 10.5. The van der Waals surface area contributed by atoms with Crippen LogP contribution in [0.5, 0.6) is 0 Å². The summed E-state index contributed by atoms with van der Waals surface area (Å²) in [6, 6.07) is -0.123. The number of likely N-dealkylation sites (tertiary alicyclic amines) is 1. The smallest absolute Gasteiger partial charge is 0.407 e. The molecule has 0 saturated carbocycles. The van der Waals surface area contributed by atoms with E-state index in [0.29, 0.717) is 19.5 Å². The maximum Gasteiger partial charge on any atom is 0.407 e. The zero-order valence-electron chi connectivity index (χ0n) is 6.23. The third-order valence-electron chi connectivity index (χ3n) is 1.96. The van der Waals surface area contributed by atoms with Gasteiger partial charge in [-0.1, -0.05) is 0 Å². The zero-order chi connectivity index (χ0) is 8.43. The highest BCUT2D eigenvalue weighted by Crippen LogP contribution is 2.14. The van der Waals surface area contributed by atoms with Gasteiger partial charge in [-0.2, -0.15) is 0 Å². The van der Waals surface area contributed by atoms with Crippen molar-refractivity contribution in [1.82, 2.24) is 4.90 Å². The van der Waals surface area contributed by atoms with Crippen molar-refractivity contribution in [1.29, 1.82) is 0 Å². The fourth-order valence-corrected chi connectivity index (χ4v) is 1.41. The van der Waals surface area contributed by atoms with Gasteiger partial charge in [-0.25, -0.2) is 4.79 Å². The Kier molecular flexibility index (Phi) is 2.31. The molecule has 11 heavy (non-hydrogen) atoms. The molecule has 2 unspecified atom stereocenters. The van der Waals surface area contributed by atoms with Gasteiger partial charge in [-0.15, -0.1) is 0 Å². The fraction of sp³-hybridized carbons (Fsp3) is 0.833. The maximum atomic E-state index is 10.5. The van der Waals surface area contributed by atoms with E-state index in [1.165, 1.54) is 4.90 Å². The van der Waals surface area contributed by atoms with E-state index in [0.717, 1.165) is 0 Å². The van der Waals surface area contributed by atoms with Crippen LogP contribution in [0.1, 0.15) is 6.42 Å². The second-order valence-electron chi connectivity index (χ2n) is 2.82. The molecular formula is C6H13N3O2. The first kappa shape index (κ1) is 8.29. The highest BCUT2D eigenvalue weighted by molar-refractivity contribution is 5.66. The lowest BCUT2D eigenvalue weighted by Crippen LogP contribution is -2.39. The molecule has 0 aliphatic carbocycles. The van der Waals surface area contributed by atoms with Gasteiger partial charge in [-0.3, -0.25) is 0 Å². The predicted octanol–water partition coefficient (Wildman–Crippen LogP) is -0.975. The van der Waals surface area contributed by atoms with Crippen molar-refractivity contribution in [3.63, 3.8) is 0 Å². The number of hydrogen-bond acceptors (Lipinski definition) is 3. The van der Waals surface area contributed by atoms with Crippen molar-refractivity contribution in [2.45, 2.75) is 18.5 Å². The van der Waals surface area contributed by atoms with Gasteiger partial charge in [0, 0.05) is 25.2 Å². The molecule has 64 valence electrons. The Morgan fingerprint density at radius 2 is 2.36 bits per heavy atom. The number of amides is 1. The molecule has 1 amide bonds. The van der Waals surface area contributed by atoms with E-state index in [9.17, 15) is 4.79 Å². The average molecular weight is 159 g/mol. The summed E-state index contributed by atoms with van der Waals surface area (Å²) in [5.41, 5.74) is 10.9. The zero-order valence-corrected chi connectivity index (χ0v) is 6.23. The Hall–Kier alpha value is -0.810. The normalized spacial score (nSPS) is 30.9. The second kappa shape index (κ2) is 3.06. The van der Waals surface area contributed by atoms with E-state index in [1.54, 1.807) is 0 Å². The first-order valence-electron chi connectivity index (χ1n) is 3.60. The molecule has 1 rings (SSSR count). The van der Waals surface area contributed by atoms with Crippen molar-refractivity contribution in [3.8, 4) is 0 Å². The molecule has 0 radical (unpaired) electrons. The van der Waals surface area contributed by atoms with E-state index in [4.69, 9.17) is 16.6 Å². The van der Waals surface area contributed by atoms with E-state index in [-0.39, 0.29) is 12.1 Å². The standard InChI is InChI=1S/C6H13N3O2/c7-2-5-1-4(8)3-9(5)6(10)11/h4-5H,1-3,7-8H2,(H,10,11). The molecular weight excluding hydrogens is 146 g/mol. The molecule has 5 nitrogen and oxygen atoms in total. The number of carboxylic acid groups (broad SMARTS) is 1. The molecule has 1 aliphatic rings. The number of carbonyl (C=O) groups is 1. The van der Waals surface area contributed by atoms with Crippen molar-refractivity contribution in [2.75, 3.05) is 13.1 Å². The molecule has 0 spiro atoms. The van der Waals surface area contributed by atoms with Crippen LogP contribution in [0.2, 0.25) is 0 Å². The fourth-order valence-electron chi connectivity index (χ4n) is 1.41. The summed E-state index contributed by atoms with van der Waals surface area (Å²) in [7, 11) is 0. The number of rotatable bonds is 1. The van der Waals surface area contributed by atoms with Gasteiger partial charge in [0.05, 0.1) is 0 Å². The Bertz CT molecular complexity index is 162. The Balaban J connectivity index is 2.57. The van der Waals surface area contributed by atoms with E-state index >= 15 is 0 Å². The summed E-state index contributed by atoms with van der Waals surface area (Å²) in [6.45, 7) is 0.775. The highest BCUT2D eigenvalue weighted by Gasteiger charge is 2.31. The SMILES string of the molecule is NCC1CC(N)CN1C(=O)O. The minimum atomic E-state index is -0.923. The lowest BCUT2D eigenvalue weighted by atomic mass is 10.2. The largest absolute Gasteiger partial charge is 0.465 e. The topological polar surface area (TPSA) is 92.6 Å². The lowest BCUT2D eigenvalue weighted by molar-refractivity contribution is 0.141. The van der Waals surface area contributed by atoms with E-state index in [1.807, 2.05) is 0 Å². The molecule has 1 saturated heterocycles. The Labute approximate surface area is 65.0 Å². The molecule has 1 fully saturated rings. The molecule has 1 aliphatic heterocycles. The third-order valence-corrected chi connectivity index (χ3v) is 1.96. The number of nitrogens with two attached hydrogens (primary N) is 2. The monoisotopic (exact) mass is 159 g/mol. The highest BCUT2D eigenvalue weighted by atomic mass is 16.4. The molecule has 0 aromatic heterocycles. The van der Waals surface area contributed by atoms with Crippen molar-refractivity contribution in [3.05, 3.63) is 0 Å². The summed E-state index contributed by atoms with van der Waals surface area (Å²) in [5.74, 6) is 0. The predicted molar refractivity (Wildman–Crippen MR) is 40.2 cm³/mol. The summed E-state index contributed by atoms with van der Waals surface area (Å²) < 4.78 is 0. The first-order chi connectivity index (χ1) is 5.15. The van der Waals surface area contributed by atoms with Gasteiger partial charge in [-0.05, 0) is 6.42 Å².